The predicted octanol–water partition coefficient (Wildman–Crippen LogP) is -0.537. The third-order valence-corrected chi connectivity index (χ3v) is 4.70. The van der Waals surface area contributed by atoms with Crippen molar-refractivity contribution in [3.8, 4) is 0 Å². The van der Waals surface area contributed by atoms with E-state index in [4.69, 9.17) is 18.9 Å². The van der Waals surface area contributed by atoms with Crippen molar-refractivity contribution in [1.82, 2.24) is 4.57 Å². The van der Waals surface area contributed by atoms with Crippen LogP contribution in [0.15, 0.2) is 0 Å². The number of methoxy groups -OCH3 is 2. The lowest BCUT2D eigenvalue weighted by molar-refractivity contribution is -0.154. The number of carbonyl (C=O) groups excluding carboxylic acids is 2. The molecule has 0 rings (SSSR count). The molecule has 1 unspecified atom stereocenters. The average Bonchev–Trinajstić information content (AvgIpc) is 2.42. The van der Waals surface area contributed by atoms with E-state index >= 15 is 0 Å². The smallest absolute Gasteiger partial charge is 0.323 e. The molecular weight excluding hydrogens is 282 g/mol. The number of ether oxygens (including phenoxy) is 4. The lowest BCUT2D eigenvalue weighted by Gasteiger charge is -2.27. The second-order valence-electron chi connectivity index (χ2n) is 4.12. The Morgan fingerprint density at radius 2 is 1.65 bits per heavy atom. The number of carbonyl (C=O) groups is 2. The first-order valence-corrected chi connectivity index (χ1v) is 8.03. The molecule has 0 saturated carbocycles. The zero-order chi connectivity index (χ0) is 15.5. The van der Waals surface area contributed by atoms with Crippen LogP contribution in [0.2, 0.25) is 0 Å². The highest BCUT2D eigenvalue weighted by atomic mass is 28.2. The van der Waals surface area contributed by atoms with E-state index in [1.54, 1.807) is 39.7 Å². The largest absolute Gasteiger partial charge is 0.466 e. The van der Waals surface area contributed by atoms with Crippen LogP contribution in [0.3, 0.4) is 0 Å². The molecule has 0 N–H and O–H groups in total. The molecule has 0 aromatic rings. The van der Waals surface area contributed by atoms with E-state index in [0.29, 0.717) is 0 Å². The summed E-state index contributed by atoms with van der Waals surface area (Å²) in [6.07, 6.45) is -0.0314. The fourth-order valence-electron chi connectivity index (χ4n) is 1.64. The van der Waals surface area contributed by atoms with Crippen LogP contribution in [0.25, 0.3) is 0 Å². The molecule has 0 aliphatic heterocycles. The van der Waals surface area contributed by atoms with Gasteiger partial charge in [-0.2, -0.15) is 0 Å². The summed E-state index contributed by atoms with van der Waals surface area (Å²) in [6.45, 7) is 4.01. The molecule has 0 bridgehead atoms. The molecule has 0 aliphatic rings. The van der Waals surface area contributed by atoms with Crippen molar-refractivity contribution in [3.63, 3.8) is 0 Å². The molecule has 0 amide bonds. The zero-order valence-electron chi connectivity index (χ0n) is 12.9. The molecule has 0 radical (unpaired) electrons. The molecule has 8 heteroatoms. The van der Waals surface area contributed by atoms with Crippen LogP contribution in [0, 0.1) is 0 Å². The first-order chi connectivity index (χ1) is 9.49. The quantitative estimate of drug-likeness (QED) is 0.305. The fourth-order valence-corrected chi connectivity index (χ4v) is 2.94. The van der Waals surface area contributed by atoms with Crippen molar-refractivity contribution < 1.29 is 28.5 Å². The molecule has 7 nitrogen and oxygen atoms in total. The summed E-state index contributed by atoms with van der Waals surface area (Å²) in [5.74, 6) is -1.20. The van der Waals surface area contributed by atoms with E-state index in [2.05, 4.69) is 0 Å². The van der Waals surface area contributed by atoms with Gasteiger partial charge in [-0.25, -0.2) is 0 Å². The third kappa shape index (κ3) is 6.99. The Hall–Kier alpha value is -0.963. The van der Waals surface area contributed by atoms with Gasteiger partial charge in [0.25, 0.3) is 0 Å². The summed E-state index contributed by atoms with van der Waals surface area (Å²) in [5.41, 5.74) is 0. The molecule has 1 atom stereocenters. The van der Waals surface area contributed by atoms with E-state index in [1.165, 1.54) is 0 Å². The summed E-state index contributed by atoms with van der Waals surface area (Å²) in [7, 11) is 3.81. The van der Waals surface area contributed by atoms with Crippen molar-refractivity contribution in [1.29, 1.82) is 0 Å². The van der Waals surface area contributed by atoms with Crippen LogP contribution in [0.1, 0.15) is 20.3 Å². The molecule has 0 heterocycles. The van der Waals surface area contributed by atoms with Gasteiger partial charge < -0.3 is 23.5 Å². The van der Waals surface area contributed by atoms with E-state index in [-0.39, 0.29) is 25.5 Å². The fraction of sp³-hybridized carbons (Fsp3) is 0.833. The van der Waals surface area contributed by atoms with Crippen LogP contribution in [-0.4, -0.2) is 72.6 Å². The van der Waals surface area contributed by atoms with Crippen molar-refractivity contribution in [2.75, 3.05) is 34.5 Å². The standard InChI is InChI=1S/C12H25NO6Si/c1-6-18-10(14)8-9(11(15)19-7-2)13(3)20-12(16-4)17-5/h9,12H,6-8,20H2,1-5H3. The molecule has 0 aromatic heterocycles. The summed E-state index contributed by atoms with van der Waals surface area (Å²) in [5, 5.41) is 0. The summed E-state index contributed by atoms with van der Waals surface area (Å²) < 4.78 is 22.0. The topological polar surface area (TPSA) is 74.3 Å². The summed E-state index contributed by atoms with van der Waals surface area (Å²) in [4.78, 5) is 23.5. The Kier molecular flexibility index (Phi) is 10.3. The number of esters is 2. The maximum atomic E-state index is 12.0. The Morgan fingerprint density at radius 3 is 2.10 bits per heavy atom. The summed E-state index contributed by atoms with van der Waals surface area (Å²) in [6, 6.07) is -0.659. The number of nitrogens with zero attached hydrogens (tertiary/aromatic N) is 1. The minimum absolute atomic E-state index is 0.0314. The highest BCUT2D eigenvalue weighted by molar-refractivity contribution is 6.33. The monoisotopic (exact) mass is 307 g/mol. The van der Waals surface area contributed by atoms with Crippen molar-refractivity contribution >= 4 is 21.6 Å². The number of likely N-dealkylation sites (N-methyl/N-ethyl adjacent to an activating group) is 1. The Balaban J connectivity index is 4.72. The molecular formula is C12H25NO6Si. The molecule has 0 aromatic carbocycles. The Morgan fingerprint density at radius 1 is 1.10 bits per heavy atom. The van der Waals surface area contributed by atoms with Gasteiger partial charge in [-0.3, -0.25) is 9.59 Å². The van der Waals surface area contributed by atoms with Gasteiger partial charge in [0, 0.05) is 14.2 Å². The van der Waals surface area contributed by atoms with Gasteiger partial charge in [0.2, 0.25) is 0 Å². The molecule has 0 fully saturated rings. The maximum Gasteiger partial charge on any atom is 0.323 e. The SMILES string of the molecule is CCOC(=O)CC(C(=O)OCC)N(C)[SiH2]C(OC)OC. The normalized spacial score (nSPS) is 13.2. The van der Waals surface area contributed by atoms with Crippen molar-refractivity contribution in [2.45, 2.75) is 32.2 Å². The highest BCUT2D eigenvalue weighted by Crippen LogP contribution is 2.07. The maximum absolute atomic E-state index is 12.0. The Labute approximate surface area is 122 Å². The van der Waals surface area contributed by atoms with Crippen LogP contribution in [0.5, 0.6) is 0 Å². The predicted molar refractivity (Wildman–Crippen MR) is 75.8 cm³/mol. The molecule has 118 valence electrons. The number of hydrogen-bond acceptors (Lipinski definition) is 7. The Bertz CT molecular complexity index is 298. The average molecular weight is 307 g/mol. The van der Waals surface area contributed by atoms with Gasteiger partial charge in [0.1, 0.15) is 12.0 Å². The second kappa shape index (κ2) is 10.8. The lowest BCUT2D eigenvalue weighted by atomic mass is 10.2. The van der Waals surface area contributed by atoms with E-state index < -0.39 is 27.7 Å². The summed E-state index contributed by atoms with van der Waals surface area (Å²) >= 11 is 0. The van der Waals surface area contributed by atoms with Gasteiger partial charge in [-0.1, -0.05) is 0 Å². The van der Waals surface area contributed by atoms with E-state index in [0.717, 1.165) is 0 Å². The highest BCUT2D eigenvalue weighted by Gasteiger charge is 2.29. The van der Waals surface area contributed by atoms with Crippen LogP contribution < -0.4 is 0 Å². The zero-order valence-corrected chi connectivity index (χ0v) is 14.3. The van der Waals surface area contributed by atoms with Gasteiger partial charge in [0.15, 0.2) is 9.68 Å². The van der Waals surface area contributed by atoms with Crippen LogP contribution >= 0.6 is 0 Å². The second-order valence-corrected chi connectivity index (χ2v) is 6.15. The van der Waals surface area contributed by atoms with Crippen molar-refractivity contribution in [3.05, 3.63) is 0 Å². The van der Waals surface area contributed by atoms with Gasteiger partial charge in [0.05, 0.1) is 19.6 Å². The first kappa shape index (κ1) is 19.0. The number of hydrogen-bond donors (Lipinski definition) is 0. The molecule has 0 spiro atoms. The minimum atomic E-state index is -1.03. The van der Waals surface area contributed by atoms with E-state index in [1.807, 2.05) is 0 Å². The van der Waals surface area contributed by atoms with E-state index in [9.17, 15) is 9.59 Å². The lowest BCUT2D eigenvalue weighted by Crippen LogP contribution is -2.47. The molecule has 20 heavy (non-hydrogen) atoms. The van der Waals surface area contributed by atoms with Crippen molar-refractivity contribution in [2.24, 2.45) is 0 Å². The van der Waals surface area contributed by atoms with Crippen LogP contribution in [0.4, 0.5) is 0 Å². The van der Waals surface area contributed by atoms with Crippen LogP contribution in [-0.2, 0) is 28.5 Å². The first-order valence-electron chi connectivity index (χ1n) is 6.58. The minimum Gasteiger partial charge on any atom is -0.466 e. The molecule has 0 saturated heterocycles. The molecule has 0 aliphatic carbocycles. The third-order valence-electron chi connectivity index (χ3n) is 2.72. The van der Waals surface area contributed by atoms with Gasteiger partial charge in [-0.15, -0.1) is 0 Å². The number of rotatable bonds is 10. The van der Waals surface area contributed by atoms with Gasteiger partial charge in [-0.05, 0) is 20.9 Å². The van der Waals surface area contributed by atoms with Gasteiger partial charge >= 0.3 is 11.9 Å².